The lowest BCUT2D eigenvalue weighted by atomic mass is 10.0. The van der Waals surface area contributed by atoms with Crippen LogP contribution in [-0.4, -0.2) is 25.0 Å². The first-order chi connectivity index (χ1) is 9.63. The largest absolute Gasteiger partial charge is 0.504 e. The predicted molar refractivity (Wildman–Crippen MR) is 81.4 cm³/mol. The van der Waals surface area contributed by atoms with E-state index in [4.69, 9.17) is 14.9 Å². The molecular weight excluding hydrogens is 254 g/mol. The van der Waals surface area contributed by atoms with Crippen LogP contribution in [0.3, 0.4) is 0 Å². The standard InChI is InChI=1S/C16H25NO3/c1-4-7-13(17)9-6-5-8-12-10-11-14(18)16(20-3)15(12)19-2/h10-11,17-18H,4-9H2,1-3H3. The molecule has 1 aromatic rings. The van der Waals surface area contributed by atoms with Gasteiger partial charge in [-0.2, -0.15) is 0 Å². The van der Waals surface area contributed by atoms with E-state index in [0.29, 0.717) is 11.5 Å². The summed E-state index contributed by atoms with van der Waals surface area (Å²) in [6.45, 7) is 2.10. The third-order valence-electron chi connectivity index (χ3n) is 3.31. The van der Waals surface area contributed by atoms with Crippen molar-refractivity contribution in [2.75, 3.05) is 14.2 Å². The van der Waals surface area contributed by atoms with E-state index in [9.17, 15) is 5.11 Å². The highest BCUT2D eigenvalue weighted by Gasteiger charge is 2.14. The van der Waals surface area contributed by atoms with Crippen LogP contribution >= 0.6 is 0 Å². The number of nitrogens with one attached hydrogen (secondary N) is 1. The fraction of sp³-hybridized carbons (Fsp3) is 0.562. The molecule has 0 aromatic heterocycles. The van der Waals surface area contributed by atoms with Crippen molar-refractivity contribution in [3.63, 3.8) is 0 Å². The summed E-state index contributed by atoms with van der Waals surface area (Å²) in [4.78, 5) is 0. The number of rotatable bonds is 9. The number of methoxy groups -OCH3 is 2. The Kier molecular flexibility index (Phi) is 6.91. The van der Waals surface area contributed by atoms with Gasteiger partial charge in [0.1, 0.15) is 0 Å². The van der Waals surface area contributed by atoms with Crippen LogP contribution in [-0.2, 0) is 6.42 Å². The van der Waals surface area contributed by atoms with E-state index < -0.39 is 0 Å². The third-order valence-corrected chi connectivity index (χ3v) is 3.31. The molecule has 0 amide bonds. The molecular formula is C16H25NO3. The van der Waals surface area contributed by atoms with E-state index in [1.165, 1.54) is 7.11 Å². The summed E-state index contributed by atoms with van der Waals surface area (Å²) in [7, 11) is 3.10. The summed E-state index contributed by atoms with van der Waals surface area (Å²) in [5, 5.41) is 17.5. The molecule has 0 saturated heterocycles. The minimum Gasteiger partial charge on any atom is -0.504 e. The van der Waals surface area contributed by atoms with Crippen molar-refractivity contribution < 1.29 is 14.6 Å². The molecule has 4 heteroatoms. The second-order valence-corrected chi connectivity index (χ2v) is 4.87. The lowest BCUT2D eigenvalue weighted by Gasteiger charge is -2.13. The fourth-order valence-corrected chi connectivity index (χ4v) is 2.29. The van der Waals surface area contributed by atoms with Gasteiger partial charge in [-0.25, -0.2) is 0 Å². The number of ether oxygens (including phenoxy) is 2. The van der Waals surface area contributed by atoms with Crippen molar-refractivity contribution in [1.82, 2.24) is 0 Å². The number of benzene rings is 1. The molecule has 0 saturated carbocycles. The van der Waals surface area contributed by atoms with Crippen LogP contribution in [0.2, 0.25) is 0 Å². The zero-order valence-electron chi connectivity index (χ0n) is 12.7. The van der Waals surface area contributed by atoms with Gasteiger partial charge in [-0.3, -0.25) is 0 Å². The quantitative estimate of drug-likeness (QED) is 0.531. The van der Waals surface area contributed by atoms with Crippen molar-refractivity contribution in [2.45, 2.75) is 45.4 Å². The number of aromatic hydroxyl groups is 1. The van der Waals surface area contributed by atoms with Crippen LogP contribution in [0.15, 0.2) is 12.1 Å². The second-order valence-electron chi connectivity index (χ2n) is 4.87. The molecule has 2 N–H and O–H groups in total. The monoisotopic (exact) mass is 279 g/mol. The molecule has 0 spiro atoms. The number of hydrogen-bond donors (Lipinski definition) is 2. The van der Waals surface area contributed by atoms with Crippen molar-refractivity contribution in [1.29, 1.82) is 5.41 Å². The van der Waals surface area contributed by atoms with E-state index in [0.717, 1.165) is 49.8 Å². The number of unbranched alkanes of at least 4 members (excludes halogenated alkanes) is 1. The number of phenols is 1. The Labute approximate surface area is 121 Å². The van der Waals surface area contributed by atoms with Crippen LogP contribution < -0.4 is 9.47 Å². The highest BCUT2D eigenvalue weighted by Crippen LogP contribution is 2.39. The van der Waals surface area contributed by atoms with Crippen LogP contribution in [0.5, 0.6) is 17.2 Å². The zero-order chi connectivity index (χ0) is 15.0. The average molecular weight is 279 g/mol. The van der Waals surface area contributed by atoms with Crippen molar-refractivity contribution in [3.05, 3.63) is 17.7 Å². The number of aryl methyl sites for hydroxylation is 1. The van der Waals surface area contributed by atoms with Crippen LogP contribution in [0.1, 0.15) is 44.6 Å². The van der Waals surface area contributed by atoms with Crippen molar-refractivity contribution in [3.8, 4) is 17.2 Å². The Morgan fingerprint density at radius 2 is 1.80 bits per heavy atom. The lowest BCUT2D eigenvalue weighted by Crippen LogP contribution is -1.99. The lowest BCUT2D eigenvalue weighted by molar-refractivity contribution is 0.330. The summed E-state index contributed by atoms with van der Waals surface area (Å²) >= 11 is 0. The Hall–Kier alpha value is -1.71. The molecule has 0 heterocycles. The van der Waals surface area contributed by atoms with Crippen LogP contribution in [0, 0.1) is 5.41 Å². The normalized spacial score (nSPS) is 10.3. The minimum atomic E-state index is 0.0952. The highest BCUT2D eigenvalue weighted by atomic mass is 16.5. The Morgan fingerprint density at radius 1 is 1.10 bits per heavy atom. The molecule has 0 bridgehead atoms. The van der Waals surface area contributed by atoms with Gasteiger partial charge < -0.3 is 20.0 Å². The minimum absolute atomic E-state index is 0.0952. The van der Waals surface area contributed by atoms with Crippen LogP contribution in [0.4, 0.5) is 0 Å². The first-order valence-electron chi connectivity index (χ1n) is 7.13. The molecule has 0 aliphatic rings. The van der Waals surface area contributed by atoms with Gasteiger partial charge in [-0.1, -0.05) is 19.4 Å². The molecule has 1 aromatic carbocycles. The first kappa shape index (κ1) is 16.3. The van der Waals surface area contributed by atoms with Gasteiger partial charge in [0, 0.05) is 5.71 Å². The molecule has 0 atom stereocenters. The molecule has 1 rings (SSSR count). The zero-order valence-corrected chi connectivity index (χ0v) is 12.7. The van der Waals surface area contributed by atoms with Gasteiger partial charge >= 0.3 is 0 Å². The molecule has 112 valence electrons. The van der Waals surface area contributed by atoms with Gasteiger partial charge in [-0.15, -0.1) is 0 Å². The summed E-state index contributed by atoms with van der Waals surface area (Å²) in [5.74, 6) is 1.10. The molecule has 0 radical (unpaired) electrons. The van der Waals surface area contributed by atoms with Gasteiger partial charge in [0.25, 0.3) is 0 Å². The second kappa shape index (κ2) is 8.46. The number of hydrogen-bond acceptors (Lipinski definition) is 4. The van der Waals surface area contributed by atoms with E-state index >= 15 is 0 Å². The SMILES string of the molecule is CCCC(=N)CCCCc1ccc(O)c(OC)c1OC. The maximum Gasteiger partial charge on any atom is 0.203 e. The third kappa shape index (κ3) is 4.44. The Balaban J connectivity index is 2.58. The van der Waals surface area contributed by atoms with Crippen molar-refractivity contribution >= 4 is 5.71 Å². The van der Waals surface area contributed by atoms with Gasteiger partial charge in [-0.05, 0) is 43.7 Å². The first-order valence-corrected chi connectivity index (χ1v) is 7.13. The van der Waals surface area contributed by atoms with E-state index in [1.54, 1.807) is 13.2 Å². The molecule has 0 aliphatic heterocycles. The molecule has 0 fully saturated rings. The molecule has 0 aliphatic carbocycles. The summed E-state index contributed by atoms with van der Waals surface area (Å²) < 4.78 is 10.5. The van der Waals surface area contributed by atoms with Gasteiger partial charge in [0.05, 0.1) is 14.2 Å². The fourth-order valence-electron chi connectivity index (χ4n) is 2.29. The maximum atomic E-state index is 9.72. The maximum absolute atomic E-state index is 9.72. The predicted octanol–water partition coefficient (Wildman–Crippen LogP) is 3.94. The van der Waals surface area contributed by atoms with E-state index in [1.807, 2.05) is 6.07 Å². The number of phenolic OH excluding ortho intramolecular Hbond substituents is 1. The van der Waals surface area contributed by atoms with E-state index in [-0.39, 0.29) is 5.75 Å². The molecule has 4 nitrogen and oxygen atoms in total. The molecule has 20 heavy (non-hydrogen) atoms. The summed E-state index contributed by atoms with van der Waals surface area (Å²) in [5.41, 5.74) is 1.87. The molecule has 0 unspecified atom stereocenters. The summed E-state index contributed by atoms with van der Waals surface area (Å²) in [6, 6.07) is 3.50. The van der Waals surface area contributed by atoms with Crippen LogP contribution in [0.25, 0.3) is 0 Å². The smallest absolute Gasteiger partial charge is 0.203 e. The van der Waals surface area contributed by atoms with E-state index in [2.05, 4.69) is 6.92 Å². The van der Waals surface area contributed by atoms with Crippen molar-refractivity contribution in [2.24, 2.45) is 0 Å². The Bertz CT molecular complexity index is 444. The van der Waals surface area contributed by atoms with Gasteiger partial charge in [0.15, 0.2) is 11.5 Å². The Morgan fingerprint density at radius 3 is 2.40 bits per heavy atom. The topological polar surface area (TPSA) is 62.5 Å². The van der Waals surface area contributed by atoms with Gasteiger partial charge in [0.2, 0.25) is 5.75 Å². The average Bonchev–Trinajstić information content (AvgIpc) is 2.44. The highest BCUT2D eigenvalue weighted by molar-refractivity contribution is 5.81. The summed E-state index contributed by atoms with van der Waals surface area (Å²) in [6.07, 6.45) is 5.67.